The molecule has 5 heteroatoms. The van der Waals surface area contributed by atoms with E-state index in [1.54, 1.807) is 17.4 Å². The quantitative estimate of drug-likeness (QED) is 0.821. The summed E-state index contributed by atoms with van der Waals surface area (Å²) < 4.78 is 1.04. The number of halogens is 1. The second kappa shape index (κ2) is 6.83. The molecule has 0 radical (unpaired) electrons. The molecule has 1 rings (SSSR count). The minimum absolute atomic E-state index is 0.183. The Morgan fingerprint density at radius 1 is 1.69 bits per heavy atom. The van der Waals surface area contributed by atoms with Gasteiger partial charge < -0.3 is 10.4 Å². The van der Waals surface area contributed by atoms with Crippen LogP contribution >= 0.6 is 27.3 Å². The van der Waals surface area contributed by atoms with Crippen LogP contribution in [0.15, 0.2) is 22.0 Å². The maximum Gasteiger partial charge on any atom is 0.244 e. The molecule has 0 bridgehead atoms. The number of hydrogen-bond donors (Lipinski definition) is 2. The van der Waals surface area contributed by atoms with Gasteiger partial charge in [-0.25, -0.2) is 0 Å². The van der Waals surface area contributed by atoms with E-state index in [1.807, 2.05) is 19.1 Å². The van der Waals surface area contributed by atoms with Crippen LogP contribution in [0, 0.1) is 0 Å². The number of aliphatic hydroxyl groups excluding tert-OH is 1. The van der Waals surface area contributed by atoms with Gasteiger partial charge >= 0.3 is 0 Å². The Kier molecular flexibility index (Phi) is 5.73. The van der Waals surface area contributed by atoms with Crippen molar-refractivity contribution in [3.8, 4) is 0 Å². The van der Waals surface area contributed by atoms with Crippen molar-refractivity contribution in [1.29, 1.82) is 0 Å². The predicted octanol–water partition coefficient (Wildman–Crippen LogP) is 2.41. The number of amides is 1. The number of carbonyl (C=O) groups excluding carboxylic acids is 1. The fourth-order valence-electron chi connectivity index (χ4n) is 0.997. The van der Waals surface area contributed by atoms with Gasteiger partial charge in [-0.05, 0) is 40.6 Å². The van der Waals surface area contributed by atoms with Gasteiger partial charge in [0.15, 0.2) is 0 Å². The minimum atomic E-state index is -0.465. The minimum Gasteiger partial charge on any atom is -0.391 e. The fourth-order valence-corrected chi connectivity index (χ4v) is 2.32. The van der Waals surface area contributed by atoms with Crippen LogP contribution in [0.3, 0.4) is 0 Å². The van der Waals surface area contributed by atoms with Crippen LogP contribution in [-0.2, 0) is 4.79 Å². The van der Waals surface area contributed by atoms with Crippen LogP contribution < -0.4 is 5.32 Å². The lowest BCUT2D eigenvalue weighted by atomic mass is 10.3. The van der Waals surface area contributed by atoms with Gasteiger partial charge in [0.2, 0.25) is 5.91 Å². The Labute approximate surface area is 107 Å². The molecule has 0 aromatic carbocycles. The lowest BCUT2D eigenvalue weighted by Crippen LogP contribution is -2.30. The standard InChI is InChI=1S/C11H14BrNO2S/c1-2-8(14)7-13-11(15)6-4-9-3-5-10(12)16-9/h3-6,8,14H,2,7H2,1H3,(H,13,15)/b6-4+. The molecule has 0 aliphatic rings. The molecule has 3 nitrogen and oxygen atoms in total. The number of carbonyl (C=O) groups is 1. The summed E-state index contributed by atoms with van der Waals surface area (Å²) in [6.07, 6.45) is 3.40. The van der Waals surface area contributed by atoms with Crippen molar-refractivity contribution >= 4 is 39.2 Å². The molecular formula is C11H14BrNO2S. The Morgan fingerprint density at radius 3 is 3.00 bits per heavy atom. The molecule has 1 unspecified atom stereocenters. The van der Waals surface area contributed by atoms with Crippen LogP contribution in [0.1, 0.15) is 18.2 Å². The molecule has 1 atom stereocenters. The monoisotopic (exact) mass is 303 g/mol. The van der Waals surface area contributed by atoms with Crippen molar-refractivity contribution in [3.63, 3.8) is 0 Å². The summed E-state index contributed by atoms with van der Waals surface area (Å²) in [4.78, 5) is 12.3. The van der Waals surface area contributed by atoms with Crippen LogP contribution in [0.4, 0.5) is 0 Å². The van der Waals surface area contributed by atoms with E-state index in [4.69, 9.17) is 0 Å². The van der Waals surface area contributed by atoms with Gasteiger partial charge in [-0.1, -0.05) is 6.92 Å². The Hall–Kier alpha value is -0.650. The molecule has 0 fully saturated rings. The van der Waals surface area contributed by atoms with E-state index in [0.717, 1.165) is 8.66 Å². The maximum absolute atomic E-state index is 11.3. The lowest BCUT2D eigenvalue weighted by Gasteiger charge is -2.06. The zero-order valence-electron chi connectivity index (χ0n) is 8.94. The van der Waals surface area contributed by atoms with Crippen LogP contribution in [0.25, 0.3) is 6.08 Å². The topological polar surface area (TPSA) is 49.3 Å². The largest absolute Gasteiger partial charge is 0.391 e. The van der Waals surface area contributed by atoms with Gasteiger partial charge in [0, 0.05) is 17.5 Å². The zero-order valence-corrected chi connectivity index (χ0v) is 11.3. The van der Waals surface area contributed by atoms with E-state index >= 15 is 0 Å². The predicted molar refractivity (Wildman–Crippen MR) is 70.4 cm³/mol. The molecule has 0 aliphatic heterocycles. The molecule has 1 aromatic heterocycles. The number of thiophene rings is 1. The smallest absolute Gasteiger partial charge is 0.244 e. The first kappa shape index (κ1) is 13.4. The number of nitrogens with one attached hydrogen (secondary N) is 1. The zero-order chi connectivity index (χ0) is 12.0. The number of aliphatic hydroxyl groups is 1. The highest BCUT2D eigenvalue weighted by Crippen LogP contribution is 2.22. The van der Waals surface area contributed by atoms with E-state index < -0.39 is 6.10 Å². The summed E-state index contributed by atoms with van der Waals surface area (Å²) in [6, 6.07) is 3.86. The van der Waals surface area contributed by atoms with E-state index in [9.17, 15) is 9.90 Å². The van der Waals surface area contributed by atoms with Gasteiger partial charge in [0.25, 0.3) is 0 Å². The van der Waals surface area contributed by atoms with Crippen LogP contribution in [-0.4, -0.2) is 23.7 Å². The molecule has 0 saturated heterocycles. The first-order chi connectivity index (χ1) is 7.61. The summed E-state index contributed by atoms with van der Waals surface area (Å²) in [6.45, 7) is 2.17. The van der Waals surface area contributed by atoms with Crippen molar-refractivity contribution in [3.05, 3.63) is 26.9 Å². The molecule has 1 heterocycles. The SMILES string of the molecule is CCC(O)CNC(=O)/C=C/c1ccc(Br)s1. The van der Waals surface area contributed by atoms with E-state index in [0.29, 0.717) is 13.0 Å². The van der Waals surface area contributed by atoms with Crippen molar-refractivity contribution in [2.75, 3.05) is 6.54 Å². The molecule has 1 amide bonds. The third-order valence-corrected chi connectivity index (χ3v) is 3.57. The third-order valence-electron chi connectivity index (χ3n) is 1.98. The average Bonchev–Trinajstić information content (AvgIpc) is 2.69. The first-order valence-corrected chi connectivity index (χ1v) is 6.62. The second-order valence-electron chi connectivity index (χ2n) is 3.28. The summed E-state index contributed by atoms with van der Waals surface area (Å²) in [5, 5.41) is 11.9. The summed E-state index contributed by atoms with van der Waals surface area (Å²) in [5.41, 5.74) is 0. The normalized spacial score (nSPS) is 12.9. The Bertz CT molecular complexity index is 376. The maximum atomic E-state index is 11.3. The van der Waals surface area contributed by atoms with E-state index in [-0.39, 0.29) is 5.91 Å². The van der Waals surface area contributed by atoms with Crippen molar-refractivity contribution in [1.82, 2.24) is 5.32 Å². The molecule has 0 spiro atoms. The Morgan fingerprint density at radius 2 is 2.44 bits per heavy atom. The van der Waals surface area contributed by atoms with Gasteiger partial charge in [-0.3, -0.25) is 4.79 Å². The van der Waals surface area contributed by atoms with Crippen LogP contribution in [0.2, 0.25) is 0 Å². The van der Waals surface area contributed by atoms with Crippen molar-refractivity contribution in [2.45, 2.75) is 19.4 Å². The van der Waals surface area contributed by atoms with E-state index in [2.05, 4.69) is 21.2 Å². The second-order valence-corrected chi connectivity index (χ2v) is 5.78. The van der Waals surface area contributed by atoms with Gasteiger partial charge in [-0.15, -0.1) is 11.3 Å². The fraction of sp³-hybridized carbons (Fsp3) is 0.364. The van der Waals surface area contributed by atoms with Crippen LogP contribution in [0.5, 0.6) is 0 Å². The Balaban J connectivity index is 2.36. The van der Waals surface area contributed by atoms with Gasteiger partial charge in [-0.2, -0.15) is 0 Å². The molecule has 2 N–H and O–H groups in total. The third kappa shape index (κ3) is 4.92. The van der Waals surface area contributed by atoms with Gasteiger partial charge in [0.05, 0.1) is 9.89 Å². The first-order valence-electron chi connectivity index (χ1n) is 5.01. The highest BCUT2D eigenvalue weighted by atomic mass is 79.9. The highest BCUT2D eigenvalue weighted by Gasteiger charge is 2.02. The highest BCUT2D eigenvalue weighted by molar-refractivity contribution is 9.11. The molecule has 0 aliphatic carbocycles. The summed E-state index contributed by atoms with van der Waals surface area (Å²) >= 11 is 4.91. The molecule has 88 valence electrons. The van der Waals surface area contributed by atoms with Crippen molar-refractivity contribution < 1.29 is 9.90 Å². The molecule has 16 heavy (non-hydrogen) atoms. The molecule has 0 saturated carbocycles. The summed E-state index contributed by atoms with van der Waals surface area (Å²) in [7, 11) is 0. The number of hydrogen-bond acceptors (Lipinski definition) is 3. The average molecular weight is 304 g/mol. The summed E-state index contributed by atoms with van der Waals surface area (Å²) in [5.74, 6) is -0.183. The number of rotatable bonds is 5. The molecule has 1 aromatic rings. The van der Waals surface area contributed by atoms with Gasteiger partial charge in [0.1, 0.15) is 0 Å². The van der Waals surface area contributed by atoms with E-state index in [1.165, 1.54) is 6.08 Å². The molecular weight excluding hydrogens is 290 g/mol. The lowest BCUT2D eigenvalue weighted by molar-refractivity contribution is -0.116. The van der Waals surface area contributed by atoms with Crippen molar-refractivity contribution in [2.24, 2.45) is 0 Å².